The lowest BCUT2D eigenvalue weighted by Gasteiger charge is -2.05. The van der Waals surface area contributed by atoms with Crippen LogP contribution in [0.5, 0.6) is 0 Å². The van der Waals surface area contributed by atoms with Crippen molar-refractivity contribution >= 4 is 22.5 Å². The lowest BCUT2D eigenvalue weighted by Crippen LogP contribution is -1.98. The van der Waals surface area contributed by atoms with Gasteiger partial charge < -0.3 is 0 Å². The third kappa shape index (κ3) is 3.16. The summed E-state index contributed by atoms with van der Waals surface area (Å²) in [6.07, 6.45) is 4.72. The molecule has 0 spiro atoms. The second kappa shape index (κ2) is 4.67. The predicted molar refractivity (Wildman–Crippen MR) is 54.0 cm³/mol. The minimum Gasteiger partial charge on any atom is -0.265 e. The van der Waals surface area contributed by atoms with E-state index in [0.29, 0.717) is 5.25 Å². The maximum Gasteiger partial charge on any atom is 0.0270 e. The van der Waals surface area contributed by atoms with E-state index < -0.39 is 0 Å². The van der Waals surface area contributed by atoms with E-state index in [2.05, 4.69) is 23.6 Å². The normalized spacial score (nSPS) is 12.9. The first-order valence-corrected chi connectivity index (χ1v) is 5.45. The van der Waals surface area contributed by atoms with E-state index in [1.165, 1.54) is 5.56 Å². The third-order valence-corrected chi connectivity index (χ3v) is 3.06. The van der Waals surface area contributed by atoms with Crippen LogP contribution in [0.25, 0.3) is 0 Å². The van der Waals surface area contributed by atoms with Gasteiger partial charge in [0, 0.05) is 17.6 Å². The van der Waals surface area contributed by atoms with Gasteiger partial charge in [0.2, 0.25) is 0 Å². The predicted octanol–water partition coefficient (Wildman–Crippen LogP) is 2.59. The average molecular weight is 185 g/mol. The highest BCUT2D eigenvalue weighted by Crippen LogP contribution is 2.18. The van der Waals surface area contributed by atoms with Crippen LogP contribution in [-0.4, -0.2) is 10.2 Å². The minimum absolute atomic E-state index is 0.570. The van der Waals surface area contributed by atoms with Crippen molar-refractivity contribution in [2.24, 2.45) is 0 Å². The fourth-order valence-corrected chi connectivity index (χ4v) is 1.38. The van der Waals surface area contributed by atoms with Crippen molar-refractivity contribution < 1.29 is 0 Å². The average Bonchev–Trinajstić information content (AvgIpc) is 2.06. The fourth-order valence-electron chi connectivity index (χ4n) is 0.888. The quantitative estimate of drug-likeness (QED) is 0.574. The Balaban J connectivity index is 2.51. The van der Waals surface area contributed by atoms with Gasteiger partial charge >= 0.3 is 0 Å². The van der Waals surface area contributed by atoms with Gasteiger partial charge in [-0.3, -0.25) is 4.98 Å². The van der Waals surface area contributed by atoms with Gasteiger partial charge in [0.15, 0.2) is 0 Å². The largest absolute Gasteiger partial charge is 0.265 e. The minimum atomic E-state index is 0.570. The molecule has 0 radical (unpaired) electrons. The van der Waals surface area contributed by atoms with Crippen molar-refractivity contribution in [3.05, 3.63) is 30.1 Å². The van der Waals surface area contributed by atoms with E-state index in [-0.39, 0.29) is 0 Å². The molecule has 1 aromatic heterocycles. The van der Waals surface area contributed by atoms with E-state index in [1.54, 1.807) is 10.8 Å². The summed E-state index contributed by atoms with van der Waals surface area (Å²) >= 11 is 4.15. The molecule has 0 N–H and O–H groups in total. The van der Waals surface area contributed by atoms with Crippen LogP contribution < -0.4 is 0 Å². The molecule has 0 aliphatic rings. The second-order valence-corrected chi connectivity index (χ2v) is 4.12. The molecule has 0 saturated heterocycles. The first-order valence-electron chi connectivity index (χ1n) is 3.52. The van der Waals surface area contributed by atoms with Crippen LogP contribution >= 0.6 is 22.5 Å². The topological polar surface area (TPSA) is 12.9 Å². The zero-order valence-corrected chi connectivity index (χ0v) is 8.11. The number of pyridine rings is 1. The van der Waals surface area contributed by atoms with Crippen molar-refractivity contribution in [1.82, 2.24) is 4.98 Å². The third-order valence-electron chi connectivity index (χ3n) is 1.45. The molecule has 0 saturated carbocycles. The Morgan fingerprint density at radius 1 is 1.55 bits per heavy atom. The van der Waals surface area contributed by atoms with Gasteiger partial charge in [0.25, 0.3) is 0 Å². The van der Waals surface area contributed by atoms with Gasteiger partial charge in [-0.25, -0.2) is 0 Å². The summed E-state index contributed by atoms with van der Waals surface area (Å²) in [5.41, 5.74) is 1.33. The smallest absolute Gasteiger partial charge is 0.0270 e. The summed E-state index contributed by atoms with van der Waals surface area (Å²) in [5.74, 6) is 0. The molecule has 0 aliphatic heterocycles. The maximum absolute atomic E-state index is 4.15. The number of hydrogen-bond acceptors (Lipinski definition) is 3. The zero-order valence-electron chi connectivity index (χ0n) is 6.40. The molecule has 1 unspecified atom stereocenters. The lowest BCUT2D eigenvalue weighted by atomic mass is 10.1. The molecule has 3 heteroatoms. The van der Waals surface area contributed by atoms with E-state index in [9.17, 15) is 0 Å². The van der Waals surface area contributed by atoms with Crippen LogP contribution in [0.3, 0.4) is 0 Å². The molecule has 0 aliphatic carbocycles. The molecule has 1 rings (SSSR count). The highest BCUT2D eigenvalue weighted by atomic mass is 33.1. The molecule has 60 valence electrons. The van der Waals surface area contributed by atoms with Crippen LogP contribution in [-0.2, 0) is 6.42 Å². The van der Waals surface area contributed by atoms with E-state index in [0.717, 1.165) is 6.42 Å². The monoisotopic (exact) mass is 185 g/mol. The SMILES string of the molecule is CC(Cc1ccncc1)SS. The van der Waals surface area contributed by atoms with E-state index >= 15 is 0 Å². The van der Waals surface area contributed by atoms with E-state index in [4.69, 9.17) is 0 Å². The lowest BCUT2D eigenvalue weighted by molar-refractivity contribution is 0.945. The Bertz CT molecular complexity index is 201. The highest BCUT2D eigenvalue weighted by Gasteiger charge is 2.00. The summed E-state index contributed by atoms with van der Waals surface area (Å²) in [7, 11) is 1.59. The summed E-state index contributed by atoms with van der Waals surface area (Å²) in [6, 6.07) is 4.08. The van der Waals surface area contributed by atoms with Crippen LogP contribution in [0, 0.1) is 0 Å². The molecular formula is C8H11NS2. The fraction of sp³-hybridized carbons (Fsp3) is 0.375. The summed E-state index contributed by atoms with van der Waals surface area (Å²) in [5, 5.41) is 0.570. The van der Waals surface area contributed by atoms with Gasteiger partial charge in [-0.15, -0.1) is 11.7 Å². The van der Waals surface area contributed by atoms with Crippen LogP contribution in [0.2, 0.25) is 0 Å². The first-order chi connectivity index (χ1) is 5.33. The maximum atomic E-state index is 4.15. The Labute approximate surface area is 76.4 Å². The van der Waals surface area contributed by atoms with Gasteiger partial charge in [-0.05, 0) is 24.1 Å². The molecular weight excluding hydrogens is 174 g/mol. The zero-order chi connectivity index (χ0) is 8.10. The molecule has 1 aromatic rings. The van der Waals surface area contributed by atoms with Gasteiger partial charge in [-0.2, -0.15) is 0 Å². The van der Waals surface area contributed by atoms with Crippen molar-refractivity contribution in [2.45, 2.75) is 18.6 Å². The van der Waals surface area contributed by atoms with Gasteiger partial charge in [-0.1, -0.05) is 17.7 Å². The molecule has 0 aromatic carbocycles. The molecule has 1 heterocycles. The van der Waals surface area contributed by atoms with Crippen molar-refractivity contribution in [2.75, 3.05) is 0 Å². The van der Waals surface area contributed by atoms with Crippen molar-refractivity contribution in [1.29, 1.82) is 0 Å². The Morgan fingerprint density at radius 3 is 2.73 bits per heavy atom. The Morgan fingerprint density at radius 2 is 2.18 bits per heavy atom. The number of aromatic nitrogens is 1. The molecule has 0 bridgehead atoms. The summed E-state index contributed by atoms with van der Waals surface area (Å²) in [6.45, 7) is 2.16. The summed E-state index contributed by atoms with van der Waals surface area (Å²) in [4.78, 5) is 3.95. The number of thiol groups is 1. The summed E-state index contributed by atoms with van der Waals surface area (Å²) < 4.78 is 0. The molecule has 1 nitrogen and oxygen atoms in total. The van der Waals surface area contributed by atoms with Crippen LogP contribution in [0.1, 0.15) is 12.5 Å². The van der Waals surface area contributed by atoms with Crippen molar-refractivity contribution in [3.63, 3.8) is 0 Å². The van der Waals surface area contributed by atoms with Crippen LogP contribution in [0.15, 0.2) is 24.5 Å². The Kier molecular flexibility index (Phi) is 3.80. The van der Waals surface area contributed by atoms with Crippen molar-refractivity contribution in [3.8, 4) is 0 Å². The van der Waals surface area contributed by atoms with Crippen LogP contribution in [0.4, 0.5) is 0 Å². The molecule has 0 amide bonds. The molecule has 11 heavy (non-hydrogen) atoms. The molecule has 0 fully saturated rings. The highest BCUT2D eigenvalue weighted by molar-refractivity contribution is 8.68. The second-order valence-electron chi connectivity index (χ2n) is 2.48. The first kappa shape index (κ1) is 8.94. The number of rotatable bonds is 3. The molecule has 1 atom stereocenters. The van der Waals surface area contributed by atoms with Gasteiger partial charge in [0.05, 0.1) is 0 Å². The number of hydrogen-bond donors (Lipinski definition) is 1. The Hall–Kier alpha value is -0.150. The number of nitrogens with zero attached hydrogens (tertiary/aromatic N) is 1. The standard InChI is InChI=1S/C8H11NS2/c1-7(11-10)6-8-2-4-9-5-3-8/h2-5,7,10H,6H2,1H3. The van der Waals surface area contributed by atoms with E-state index in [1.807, 2.05) is 24.5 Å². The van der Waals surface area contributed by atoms with Gasteiger partial charge in [0.1, 0.15) is 0 Å².